The lowest BCUT2D eigenvalue weighted by atomic mass is 10.0. The highest BCUT2D eigenvalue weighted by molar-refractivity contribution is 7.09. The molecule has 39 heavy (non-hydrogen) atoms. The van der Waals surface area contributed by atoms with E-state index in [1.54, 1.807) is 12.3 Å². The molecular formula is C27H31N7O4S. The molecule has 0 spiro atoms. The second kappa shape index (κ2) is 13.6. The monoisotopic (exact) mass is 549 g/mol. The SMILES string of the molecule is CC[C@H]1NC(=O)[C@@H](NC(=O)c2cnccn2)CCCCNC(=O)c2csc(n2)[C@H](Cc2ccccc2)NC1=O. The van der Waals surface area contributed by atoms with Crippen LogP contribution in [-0.4, -0.2) is 57.2 Å². The van der Waals surface area contributed by atoms with E-state index in [1.807, 2.05) is 30.3 Å². The predicted molar refractivity (Wildman–Crippen MR) is 145 cm³/mol. The maximum Gasteiger partial charge on any atom is 0.272 e. The quantitative estimate of drug-likeness (QED) is 0.379. The van der Waals surface area contributed by atoms with Crippen molar-refractivity contribution in [2.75, 3.05) is 6.54 Å². The van der Waals surface area contributed by atoms with Crippen LogP contribution in [0.2, 0.25) is 0 Å². The lowest BCUT2D eigenvalue weighted by Crippen LogP contribution is -2.54. The van der Waals surface area contributed by atoms with Crippen LogP contribution >= 0.6 is 11.3 Å². The highest BCUT2D eigenvalue weighted by Crippen LogP contribution is 2.23. The third-order valence-corrected chi connectivity index (χ3v) is 7.27. The Kier molecular flexibility index (Phi) is 9.68. The molecule has 3 aromatic rings. The predicted octanol–water partition coefficient (Wildman–Crippen LogP) is 1.94. The van der Waals surface area contributed by atoms with Gasteiger partial charge in [0.2, 0.25) is 11.8 Å². The van der Waals surface area contributed by atoms with Crippen LogP contribution < -0.4 is 21.3 Å². The van der Waals surface area contributed by atoms with Crippen LogP contribution in [0.1, 0.15) is 70.2 Å². The summed E-state index contributed by atoms with van der Waals surface area (Å²) in [5.74, 6) is -1.68. The molecule has 1 aliphatic rings. The van der Waals surface area contributed by atoms with Crippen LogP contribution in [-0.2, 0) is 16.0 Å². The second-order valence-electron chi connectivity index (χ2n) is 9.16. The largest absolute Gasteiger partial charge is 0.351 e. The summed E-state index contributed by atoms with van der Waals surface area (Å²) in [6.45, 7) is 2.19. The van der Waals surface area contributed by atoms with E-state index in [0.717, 1.165) is 5.56 Å². The summed E-state index contributed by atoms with van der Waals surface area (Å²) in [5, 5.41) is 13.7. The average molecular weight is 550 g/mol. The molecule has 0 aliphatic carbocycles. The molecule has 2 bridgehead atoms. The molecular weight excluding hydrogens is 518 g/mol. The minimum Gasteiger partial charge on any atom is -0.351 e. The number of benzene rings is 1. The van der Waals surface area contributed by atoms with Gasteiger partial charge in [0.1, 0.15) is 28.5 Å². The molecule has 3 atom stereocenters. The summed E-state index contributed by atoms with van der Waals surface area (Å²) >= 11 is 1.30. The molecule has 0 saturated carbocycles. The topological polar surface area (TPSA) is 155 Å². The first-order chi connectivity index (χ1) is 18.9. The number of carbonyl (C=O) groups excluding carboxylic acids is 4. The standard InChI is InChI=1S/C27H31N7O4S/c1-2-18-24(36)33-20(14-17-8-4-3-5-9-17)27-34-22(16-39-27)23(35)30-11-7-6-10-19(25(37)31-18)32-26(38)21-15-28-12-13-29-21/h3-5,8-9,12-13,15-16,18-20H,2,6-7,10-11,14H2,1H3,(H,30,35)(H,31,37)(H,32,38)(H,33,36)/t18-,19+,20+/m1/s1. The molecule has 2 aromatic heterocycles. The number of hydrogen-bond donors (Lipinski definition) is 4. The van der Waals surface area contributed by atoms with E-state index >= 15 is 0 Å². The zero-order valence-corrected chi connectivity index (χ0v) is 22.4. The first-order valence-corrected chi connectivity index (χ1v) is 13.8. The summed E-state index contributed by atoms with van der Waals surface area (Å²) in [5.41, 5.74) is 1.37. The number of fused-ring (bicyclic) bond motifs is 2. The smallest absolute Gasteiger partial charge is 0.272 e. The lowest BCUT2D eigenvalue weighted by molar-refractivity contribution is -0.130. The summed E-state index contributed by atoms with van der Waals surface area (Å²) in [7, 11) is 0. The van der Waals surface area contributed by atoms with Gasteiger partial charge in [-0.1, -0.05) is 37.3 Å². The zero-order valence-electron chi connectivity index (χ0n) is 21.6. The minimum absolute atomic E-state index is 0.0836. The molecule has 4 rings (SSSR count). The van der Waals surface area contributed by atoms with Crippen LogP contribution in [0.5, 0.6) is 0 Å². The van der Waals surface area contributed by atoms with Gasteiger partial charge in [0.05, 0.1) is 12.2 Å². The van der Waals surface area contributed by atoms with E-state index in [-0.39, 0.29) is 17.5 Å². The number of rotatable bonds is 5. The van der Waals surface area contributed by atoms with Crippen molar-refractivity contribution < 1.29 is 19.2 Å². The summed E-state index contributed by atoms with van der Waals surface area (Å²) in [4.78, 5) is 64.5. The number of thiazole rings is 1. The van der Waals surface area contributed by atoms with Crippen LogP contribution in [0, 0.1) is 0 Å². The van der Waals surface area contributed by atoms with Crippen LogP contribution in [0.15, 0.2) is 54.3 Å². The minimum atomic E-state index is -0.899. The normalized spacial score (nSPS) is 20.8. The van der Waals surface area contributed by atoms with Gasteiger partial charge >= 0.3 is 0 Å². The van der Waals surface area contributed by atoms with E-state index in [1.165, 1.54) is 29.9 Å². The van der Waals surface area contributed by atoms with Gasteiger partial charge in [-0.05, 0) is 37.7 Å². The molecule has 0 fully saturated rings. The van der Waals surface area contributed by atoms with Gasteiger partial charge in [0, 0.05) is 24.3 Å². The maximum absolute atomic E-state index is 13.4. The summed E-state index contributed by atoms with van der Waals surface area (Å²) in [6.07, 6.45) is 6.40. The molecule has 4 amide bonds. The number of hydrogen-bond acceptors (Lipinski definition) is 8. The van der Waals surface area contributed by atoms with Crippen LogP contribution in [0.4, 0.5) is 0 Å². The number of aromatic nitrogens is 3. The van der Waals surface area contributed by atoms with Gasteiger partial charge in [0.15, 0.2) is 0 Å². The molecule has 0 radical (unpaired) electrons. The molecule has 4 N–H and O–H groups in total. The number of carbonyl (C=O) groups is 4. The first kappa shape index (κ1) is 27.8. The molecule has 12 heteroatoms. The van der Waals surface area contributed by atoms with Crippen molar-refractivity contribution in [2.45, 2.75) is 57.2 Å². The van der Waals surface area contributed by atoms with E-state index in [0.29, 0.717) is 49.4 Å². The Morgan fingerprint density at radius 1 is 1.05 bits per heavy atom. The van der Waals surface area contributed by atoms with Crippen molar-refractivity contribution in [2.24, 2.45) is 0 Å². The third kappa shape index (κ3) is 7.66. The fraction of sp³-hybridized carbons (Fsp3) is 0.370. The Hall–Kier alpha value is -4.19. The average Bonchev–Trinajstić information content (AvgIpc) is 3.45. The highest BCUT2D eigenvalue weighted by atomic mass is 32.1. The third-order valence-electron chi connectivity index (χ3n) is 6.32. The van der Waals surface area contributed by atoms with E-state index in [9.17, 15) is 19.2 Å². The molecule has 204 valence electrons. The summed E-state index contributed by atoms with van der Waals surface area (Å²) < 4.78 is 0. The van der Waals surface area contributed by atoms with Crippen molar-refractivity contribution in [1.82, 2.24) is 36.2 Å². The molecule has 1 aromatic carbocycles. The second-order valence-corrected chi connectivity index (χ2v) is 10.0. The number of amides is 4. The zero-order chi connectivity index (χ0) is 27.6. The summed E-state index contributed by atoms with van der Waals surface area (Å²) in [6, 6.07) is 7.42. The van der Waals surface area contributed by atoms with Crippen molar-refractivity contribution in [3.05, 3.63) is 76.3 Å². The molecule has 0 unspecified atom stereocenters. The number of nitrogens with zero attached hydrogens (tertiary/aromatic N) is 3. The van der Waals surface area contributed by atoms with Gasteiger partial charge in [-0.15, -0.1) is 11.3 Å². The Morgan fingerprint density at radius 3 is 2.59 bits per heavy atom. The molecule has 3 heterocycles. The van der Waals surface area contributed by atoms with E-state index in [2.05, 4.69) is 36.2 Å². The van der Waals surface area contributed by atoms with Gasteiger partial charge in [-0.2, -0.15) is 0 Å². The lowest BCUT2D eigenvalue weighted by Gasteiger charge is -2.24. The van der Waals surface area contributed by atoms with E-state index < -0.39 is 29.9 Å². The first-order valence-electron chi connectivity index (χ1n) is 12.9. The Morgan fingerprint density at radius 2 is 1.85 bits per heavy atom. The Labute approximate surface area is 230 Å². The molecule has 11 nitrogen and oxygen atoms in total. The van der Waals surface area contributed by atoms with E-state index in [4.69, 9.17) is 0 Å². The van der Waals surface area contributed by atoms with Crippen LogP contribution in [0.3, 0.4) is 0 Å². The fourth-order valence-electron chi connectivity index (χ4n) is 4.18. The van der Waals surface area contributed by atoms with Gasteiger partial charge in [-0.3, -0.25) is 24.2 Å². The van der Waals surface area contributed by atoms with Gasteiger partial charge < -0.3 is 21.3 Å². The van der Waals surface area contributed by atoms with Crippen molar-refractivity contribution in [3.63, 3.8) is 0 Å². The number of nitrogens with one attached hydrogen (secondary N) is 4. The van der Waals surface area contributed by atoms with Crippen molar-refractivity contribution in [1.29, 1.82) is 0 Å². The van der Waals surface area contributed by atoms with Gasteiger partial charge in [0.25, 0.3) is 11.8 Å². The maximum atomic E-state index is 13.4. The fourth-order valence-corrected chi connectivity index (χ4v) is 5.03. The molecule has 1 aliphatic heterocycles. The molecule has 0 saturated heterocycles. The van der Waals surface area contributed by atoms with Crippen LogP contribution in [0.25, 0.3) is 0 Å². The van der Waals surface area contributed by atoms with Crippen molar-refractivity contribution >= 4 is 35.0 Å². The Bertz CT molecular complexity index is 1290. The van der Waals surface area contributed by atoms with Gasteiger partial charge in [-0.25, -0.2) is 9.97 Å². The highest BCUT2D eigenvalue weighted by Gasteiger charge is 2.29. The Balaban J connectivity index is 1.57. The van der Waals surface area contributed by atoms with Crippen molar-refractivity contribution in [3.8, 4) is 0 Å².